The third-order valence-electron chi connectivity index (χ3n) is 2.16. The molecule has 0 radical (unpaired) electrons. The highest BCUT2D eigenvalue weighted by molar-refractivity contribution is 5.42. The molecule has 17 heavy (non-hydrogen) atoms. The van der Waals surface area contributed by atoms with E-state index in [1.54, 1.807) is 7.11 Å². The summed E-state index contributed by atoms with van der Waals surface area (Å²) in [5, 5.41) is 11.9. The van der Waals surface area contributed by atoms with Crippen molar-refractivity contribution < 1.29 is 27.0 Å². The van der Waals surface area contributed by atoms with Gasteiger partial charge in [-0.2, -0.15) is 0 Å². The molecule has 0 bridgehead atoms. The van der Waals surface area contributed by atoms with E-state index in [0.29, 0.717) is 11.5 Å². The molecule has 1 aromatic rings. The Morgan fingerprint density at radius 3 is 2.65 bits per heavy atom. The number of nitrogens with one attached hydrogen (secondary N) is 1. The highest BCUT2D eigenvalue weighted by Crippen LogP contribution is 2.27. The fourth-order valence-corrected chi connectivity index (χ4v) is 1.37. The second-order valence-corrected chi connectivity index (χ2v) is 3.34. The average Bonchev–Trinajstić information content (AvgIpc) is 2.34. The maximum absolute atomic E-state index is 8.69. The minimum Gasteiger partial charge on any atom is -1.00 e. The van der Waals surface area contributed by atoms with Gasteiger partial charge in [-0.15, -0.1) is 0 Å². The number of halogens is 1. The largest absolute Gasteiger partial charge is 1.00 e. The molecule has 0 saturated carbocycles. The van der Waals surface area contributed by atoms with E-state index in [-0.39, 0.29) is 25.6 Å². The quantitative estimate of drug-likeness (QED) is 0.606. The molecule has 0 aliphatic rings. The Hall–Kier alpha value is -0.970. The number of hydrogen-bond acceptors (Lipinski definition) is 4. The topological polar surface area (TPSA) is 50.7 Å². The second-order valence-electron chi connectivity index (χ2n) is 3.34. The van der Waals surface area contributed by atoms with Gasteiger partial charge in [-0.05, 0) is 24.2 Å². The molecule has 0 fully saturated rings. The Labute approximate surface area is 108 Å². The van der Waals surface area contributed by atoms with Gasteiger partial charge in [-0.1, -0.05) is 13.0 Å². The average molecular weight is 261 g/mol. The molecule has 98 valence electrons. The van der Waals surface area contributed by atoms with Gasteiger partial charge in [-0.25, -0.2) is 0 Å². The lowest BCUT2D eigenvalue weighted by molar-refractivity contribution is -0.00000486. The maximum Gasteiger partial charge on any atom is 0.161 e. The van der Waals surface area contributed by atoms with Crippen LogP contribution in [0.2, 0.25) is 0 Å². The van der Waals surface area contributed by atoms with Crippen molar-refractivity contribution >= 4 is 0 Å². The zero-order valence-corrected chi connectivity index (χ0v) is 11.0. The van der Waals surface area contributed by atoms with Gasteiger partial charge >= 0.3 is 0 Å². The van der Waals surface area contributed by atoms with Crippen molar-refractivity contribution in [3.05, 3.63) is 23.8 Å². The van der Waals surface area contributed by atoms with Crippen LogP contribution in [-0.4, -0.2) is 32.0 Å². The lowest BCUT2D eigenvalue weighted by Crippen LogP contribution is -3.00. The Bertz CT molecular complexity index is 321. The minimum absolute atomic E-state index is 0. The first-order valence-corrected chi connectivity index (χ1v) is 5.43. The van der Waals surface area contributed by atoms with E-state index in [9.17, 15) is 0 Å². The molecule has 1 rings (SSSR count). The third-order valence-corrected chi connectivity index (χ3v) is 2.16. The van der Waals surface area contributed by atoms with Crippen molar-refractivity contribution in [2.45, 2.75) is 13.5 Å². The highest BCUT2D eigenvalue weighted by atomic mass is 35.5. The van der Waals surface area contributed by atoms with Gasteiger partial charge < -0.3 is 32.3 Å². The number of benzene rings is 1. The lowest BCUT2D eigenvalue weighted by Gasteiger charge is -2.11. The molecular weight excluding hydrogens is 242 g/mol. The van der Waals surface area contributed by atoms with Crippen LogP contribution in [0.4, 0.5) is 0 Å². The first kappa shape index (κ1) is 16.0. The van der Waals surface area contributed by atoms with E-state index in [1.165, 1.54) is 0 Å². The summed E-state index contributed by atoms with van der Waals surface area (Å²) in [5.74, 6) is 1.36. The van der Waals surface area contributed by atoms with Crippen LogP contribution in [0.5, 0.6) is 11.5 Å². The molecule has 0 unspecified atom stereocenters. The molecule has 0 atom stereocenters. The molecule has 0 aromatic heterocycles. The fraction of sp³-hybridized carbons (Fsp3) is 0.500. The standard InChI is InChI=1S/C12H19NO3.ClH/c1-3-13-9-10-4-5-11(16-7-6-14)12(8-10)15-2;/h4-5,8,13-14H,3,6-7,9H2,1-2H3;1H/p-1. The highest BCUT2D eigenvalue weighted by Gasteiger charge is 2.05. The molecule has 0 heterocycles. The zero-order chi connectivity index (χ0) is 11.8. The van der Waals surface area contributed by atoms with Crippen LogP contribution >= 0.6 is 0 Å². The Morgan fingerprint density at radius 2 is 2.06 bits per heavy atom. The maximum atomic E-state index is 8.69. The SMILES string of the molecule is CCNCc1ccc(OCCO)c(OC)c1.[Cl-]. The summed E-state index contributed by atoms with van der Waals surface area (Å²) >= 11 is 0. The summed E-state index contributed by atoms with van der Waals surface area (Å²) < 4.78 is 10.6. The Balaban J connectivity index is 0.00000256. The van der Waals surface area contributed by atoms with Crippen LogP contribution in [0.15, 0.2) is 18.2 Å². The van der Waals surface area contributed by atoms with Crippen molar-refractivity contribution in [3.8, 4) is 11.5 Å². The number of rotatable bonds is 7. The smallest absolute Gasteiger partial charge is 0.161 e. The van der Waals surface area contributed by atoms with Gasteiger partial charge in [0.2, 0.25) is 0 Å². The van der Waals surface area contributed by atoms with E-state index < -0.39 is 0 Å². The fourth-order valence-electron chi connectivity index (χ4n) is 1.37. The number of aliphatic hydroxyl groups excluding tert-OH is 1. The van der Waals surface area contributed by atoms with Crippen molar-refractivity contribution in [2.24, 2.45) is 0 Å². The summed E-state index contributed by atoms with van der Waals surface area (Å²) in [6.45, 7) is 4.10. The predicted octanol–water partition coefficient (Wildman–Crippen LogP) is -1.82. The third kappa shape index (κ3) is 5.26. The van der Waals surface area contributed by atoms with E-state index in [4.69, 9.17) is 14.6 Å². The Morgan fingerprint density at radius 1 is 1.29 bits per heavy atom. The van der Waals surface area contributed by atoms with Gasteiger partial charge in [0.1, 0.15) is 6.61 Å². The van der Waals surface area contributed by atoms with E-state index in [0.717, 1.165) is 18.7 Å². The summed E-state index contributed by atoms with van der Waals surface area (Å²) in [6, 6.07) is 5.79. The summed E-state index contributed by atoms with van der Waals surface area (Å²) in [5.41, 5.74) is 1.15. The Kier molecular flexibility index (Phi) is 8.58. The van der Waals surface area contributed by atoms with Crippen LogP contribution in [0.25, 0.3) is 0 Å². The van der Waals surface area contributed by atoms with Crippen molar-refractivity contribution in [3.63, 3.8) is 0 Å². The van der Waals surface area contributed by atoms with Crippen molar-refractivity contribution in [1.82, 2.24) is 5.32 Å². The lowest BCUT2D eigenvalue weighted by atomic mass is 10.2. The van der Waals surface area contributed by atoms with Gasteiger partial charge in [0.25, 0.3) is 0 Å². The summed E-state index contributed by atoms with van der Waals surface area (Å²) in [4.78, 5) is 0. The first-order chi connectivity index (χ1) is 7.81. The molecule has 1 aromatic carbocycles. The van der Waals surface area contributed by atoms with E-state index in [2.05, 4.69) is 12.2 Å². The van der Waals surface area contributed by atoms with Crippen LogP contribution in [-0.2, 0) is 6.54 Å². The van der Waals surface area contributed by atoms with Crippen LogP contribution in [0, 0.1) is 0 Å². The van der Waals surface area contributed by atoms with E-state index >= 15 is 0 Å². The molecule has 0 aliphatic heterocycles. The predicted molar refractivity (Wildman–Crippen MR) is 63.0 cm³/mol. The molecular formula is C12H19ClNO3-. The van der Waals surface area contributed by atoms with Gasteiger partial charge in [0, 0.05) is 6.54 Å². The molecule has 0 aliphatic carbocycles. The molecule has 5 heteroatoms. The molecule has 0 saturated heterocycles. The zero-order valence-electron chi connectivity index (χ0n) is 10.2. The molecule has 0 spiro atoms. The summed E-state index contributed by atoms with van der Waals surface area (Å²) in [7, 11) is 1.61. The van der Waals surface area contributed by atoms with Crippen molar-refractivity contribution in [2.75, 3.05) is 26.9 Å². The molecule has 0 amide bonds. The van der Waals surface area contributed by atoms with Crippen LogP contribution in [0.3, 0.4) is 0 Å². The van der Waals surface area contributed by atoms with Crippen LogP contribution < -0.4 is 27.2 Å². The number of aliphatic hydroxyl groups is 1. The number of ether oxygens (including phenoxy) is 2. The normalized spacial score (nSPS) is 9.59. The number of methoxy groups -OCH3 is 1. The molecule has 2 N–H and O–H groups in total. The van der Waals surface area contributed by atoms with Gasteiger partial charge in [-0.3, -0.25) is 0 Å². The molecule has 4 nitrogen and oxygen atoms in total. The summed E-state index contributed by atoms with van der Waals surface area (Å²) in [6.07, 6.45) is 0. The second kappa shape index (κ2) is 9.10. The first-order valence-electron chi connectivity index (χ1n) is 5.43. The monoisotopic (exact) mass is 260 g/mol. The minimum atomic E-state index is 0. The van der Waals surface area contributed by atoms with Gasteiger partial charge in [0.15, 0.2) is 11.5 Å². The van der Waals surface area contributed by atoms with Gasteiger partial charge in [0.05, 0.1) is 13.7 Å². The van der Waals surface area contributed by atoms with Crippen LogP contribution in [0.1, 0.15) is 12.5 Å². The van der Waals surface area contributed by atoms with Crippen molar-refractivity contribution in [1.29, 1.82) is 0 Å². The van der Waals surface area contributed by atoms with E-state index in [1.807, 2.05) is 18.2 Å². The number of hydrogen-bond donors (Lipinski definition) is 2.